The third kappa shape index (κ3) is 65.4. The van der Waals surface area contributed by atoms with Crippen molar-refractivity contribution >= 4 is 39.5 Å². The van der Waals surface area contributed by atoms with Gasteiger partial charge in [0.25, 0.3) is 0 Å². The number of hydrogen-bond acceptors (Lipinski definition) is 15. The third-order valence-corrected chi connectivity index (χ3v) is 19.1. The Morgan fingerprint density at radius 2 is 0.522 bits per heavy atom. The minimum atomic E-state index is -4.95. The minimum Gasteiger partial charge on any atom is -0.462 e. The zero-order valence-corrected chi connectivity index (χ0v) is 62.0. The highest BCUT2D eigenvalue weighted by Crippen LogP contribution is 2.45. The smallest absolute Gasteiger partial charge is 0.462 e. The Hall–Kier alpha value is -1.94. The number of unbranched alkanes of at least 4 members (excludes halogenated alkanes) is 35. The van der Waals surface area contributed by atoms with Gasteiger partial charge in [-0.25, -0.2) is 9.13 Å². The molecule has 0 spiro atoms. The van der Waals surface area contributed by atoms with Crippen molar-refractivity contribution in [2.45, 2.75) is 382 Å². The Labute approximate surface area is 562 Å². The second kappa shape index (κ2) is 62.6. The summed E-state index contributed by atoms with van der Waals surface area (Å²) in [5.74, 6) is 0.862. The number of hydrogen-bond donors (Lipinski definition) is 3. The summed E-state index contributed by atoms with van der Waals surface area (Å²) in [5, 5.41) is 10.6. The van der Waals surface area contributed by atoms with Gasteiger partial charge in [0, 0.05) is 25.7 Å². The van der Waals surface area contributed by atoms with Crippen molar-refractivity contribution in [3.05, 3.63) is 0 Å². The van der Waals surface area contributed by atoms with E-state index in [9.17, 15) is 43.2 Å². The number of aliphatic hydroxyl groups excluding tert-OH is 1. The quantitative estimate of drug-likeness (QED) is 0.0222. The molecule has 92 heavy (non-hydrogen) atoms. The molecule has 0 fully saturated rings. The first-order valence-electron chi connectivity index (χ1n) is 37.7. The van der Waals surface area contributed by atoms with Crippen molar-refractivity contribution in [2.24, 2.45) is 23.7 Å². The van der Waals surface area contributed by atoms with Crippen LogP contribution in [0.5, 0.6) is 0 Å². The van der Waals surface area contributed by atoms with Gasteiger partial charge in [-0.2, -0.15) is 0 Å². The number of ether oxygens (including phenoxy) is 4. The number of phosphoric acid groups is 2. The van der Waals surface area contributed by atoms with E-state index in [-0.39, 0.29) is 25.7 Å². The lowest BCUT2D eigenvalue weighted by Crippen LogP contribution is -2.30. The first kappa shape index (κ1) is 90.1. The van der Waals surface area contributed by atoms with Crippen molar-refractivity contribution in [1.82, 2.24) is 0 Å². The van der Waals surface area contributed by atoms with Crippen LogP contribution in [0, 0.1) is 23.7 Å². The molecule has 19 heteroatoms. The lowest BCUT2D eigenvalue weighted by molar-refractivity contribution is -0.161. The van der Waals surface area contributed by atoms with Crippen LogP contribution in [0.25, 0.3) is 0 Å². The average molecular weight is 1350 g/mol. The van der Waals surface area contributed by atoms with Crippen molar-refractivity contribution in [1.29, 1.82) is 0 Å². The van der Waals surface area contributed by atoms with Crippen molar-refractivity contribution < 1.29 is 80.2 Å². The topological polar surface area (TPSA) is 237 Å². The SMILES string of the molecule is CCC(C)CCCCCCCCC(=O)OC[C@H](COP(=O)(O)OC[C@H](O)COP(=O)(O)OC[C@@H](COC(=O)CCCCCCCCC(C)C)OC(=O)CCCCCCCCCCCCCCCCCC(C)C)OC(=O)CCCCCCCCCCCCCCC(C)C. The fraction of sp³-hybridized carbons (Fsp3) is 0.945. The molecule has 3 unspecified atom stereocenters. The van der Waals surface area contributed by atoms with E-state index in [1.165, 1.54) is 154 Å². The molecule has 6 atom stereocenters. The molecule has 0 aromatic rings. The molecule has 546 valence electrons. The summed E-state index contributed by atoms with van der Waals surface area (Å²) in [6, 6.07) is 0. The van der Waals surface area contributed by atoms with Gasteiger partial charge in [0.15, 0.2) is 12.2 Å². The first-order chi connectivity index (χ1) is 44.1. The third-order valence-electron chi connectivity index (χ3n) is 17.2. The van der Waals surface area contributed by atoms with Crippen LogP contribution >= 0.6 is 15.6 Å². The second-order valence-corrected chi connectivity index (χ2v) is 30.9. The van der Waals surface area contributed by atoms with E-state index in [0.717, 1.165) is 120 Å². The Balaban J connectivity index is 5.21. The van der Waals surface area contributed by atoms with Gasteiger partial charge in [0.05, 0.1) is 26.4 Å². The second-order valence-electron chi connectivity index (χ2n) is 28.0. The van der Waals surface area contributed by atoms with E-state index >= 15 is 0 Å². The van der Waals surface area contributed by atoms with Crippen LogP contribution in [-0.4, -0.2) is 96.7 Å². The molecule has 0 rings (SSSR count). The largest absolute Gasteiger partial charge is 0.472 e. The summed E-state index contributed by atoms with van der Waals surface area (Å²) >= 11 is 0. The Kier molecular flexibility index (Phi) is 61.3. The van der Waals surface area contributed by atoms with Gasteiger partial charge in [-0.3, -0.25) is 37.3 Å². The van der Waals surface area contributed by atoms with E-state index in [2.05, 4.69) is 55.4 Å². The van der Waals surface area contributed by atoms with Crippen molar-refractivity contribution in [3.8, 4) is 0 Å². The average Bonchev–Trinajstić information content (AvgIpc) is 2.49. The van der Waals surface area contributed by atoms with Gasteiger partial charge in [-0.1, -0.05) is 312 Å². The van der Waals surface area contributed by atoms with Crippen LogP contribution in [0.4, 0.5) is 0 Å². The van der Waals surface area contributed by atoms with Crippen LogP contribution < -0.4 is 0 Å². The summed E-state index contributed by atoms with van der Waals surface area (Å²) in [5.41, 5.74) is 0. The molecule has 17 nitrogen and oxygen atoms in total. The molecule has 0 saturated heterocycles. The van der Waals surface area contributed by atoms with E-state index in [0.29, 0.717) is 31.6 Å². The van der Waals surface area contributed by atoms with Crippen LogP contribution in [-0.2, 0) is 65.4 Å². The number of rotatable bonds is 70. The summed E-state index contributed by atoms with van der Waals surface area (Å²) in [6.07, 6.45) is 46.0. The summed E-state index contributed by atoms with van der Waals surface area (Å²) in [6.45, 7) is 14.1. The molecule has 3 N–H and O–H groups in total. The monoisotopic (exact) mass is 1350 g/mol. The van der Waals surface area contributed by atoms with Crippen LogP contribution in [0.2, 0.25) is 0 Å². The molecule has 0 radical (unpaired) electrons. The van der Waals surface area contributed by atoms with Crippen molar-refractivity contribution in [2.75, 3.05) is 39.6 Å². The highest BCUT2D eigenvalue weighted by Gasteiger charge is 2.30. The molecule has 0 aromatic heterocycles. The Morgan fingerprint density at radius 3 is 0.772 bits per heavy atom. The highest BCUT2D eigenvalue weighted by molar-refractivity contribution is 7.47. The number of carbonyl (C=O) groups is 4. The normalized spacial score (nSPS) is 14.5. The number of carbonyl (C=O) groups excluding carboxylic acids is 4. The van der Waals surface area contributed by atoms with Gasteiger partial charge in [-0.15, -0.1) is 0 Å². The zero-order valence-electron chi connectivity index (χ0n) is 60.2. The molecular weight excluding hydrogens is 1210 g/mol. The maximum absolute atomic E-state index is 13.0. The summed E-state index contributed by atoms with van der Waals surface area (Å²) < 4.78 is 68.4. The molecule has 0 aliphatic heterocycles. The molecule has 0 heterocycles. The summed E-state index contributed by atoms with van der Waals surface area (Å²) in [4.78, 5) is 72.6. The predicted octanol–water partition coefficient (Wildman–Crippen LogP) is 20.9. The van der Waals surface area contributed by atoms with Crippen LogP contribution in [0.1, 0.15) is 364 Å². The molecule has 0 saturated carbocycles. The fourth-order valence-electron chi connectivity index (χ4n) is 11.0. The molecule has 0 aliphatic carbocycles. The maximum atomic E-state index is 13.0. The van der Waals surface area contributed by atoms with Gasteiger partial charge in [-0.05, 0) is 49.4 Å². The standard InChI is InChI=1S/C73H142O17P2/c1-9-66(8)52-44-36-30-32-38-46-54-71(76)84-60-69(90-73(78)56-48-40-28-24-20-16-15-18-22-26-34-42-50-64(4)5)62-88-92(81,82)86-58-67(74)57-85-91(79,80)87-61-68(59-83-70(75)53-45-37-31-29-35-43-51-65(6)7)89-72(77)55-47-39-27-23-19-14-12-10-11-13-17-21-25-33-41-49-63(2)3/h63-69,74H,9-62H2,1-8H3,(H,79,80)(H,81,82)/t66?,67-,68-,69-/m1/s1. The number of aliphatic hydroxyl groups is 1. The van der Waals surface area contributed by atoms with Gasteiger partial charge in [0.1, 0.15) is 19.3 Å². The zero-order chi connectivity index (χ0) is 68.2. The lowest BCUT2D eigenvalue weighted by atomic mass is 10.00. The van der Waals surface area contributed by atoms with Gasteiger partial charge < -0.3 is 33.8 Å². The molecule has 0 amide bonds. The lowest BCUT2D eigenvalue weighted by Gasteiger charge is -2.21. The molecular formula is C73H142O17P2. The molecule has 0 bridgehead atoms. The highest BCUT2D eigenvalue weighted by atomic mass is 31.2. The summed E-state index contributed by atoms with van der Waals surface area (Å²) in [7, 11) is -9.91. The van der Waals surface area contributed by atoms with E-state index in [1.807, 2.05) is 0 Å². The van der Waals surface area contributed by atoms with Crippen LogP contribution in [0.3, 0.4) is 0 Å². The maximum Gasteiger partial charge on any atom is 0.472 e. The fourth-order valence-corrected chi connectivity index (χ4v) is 12.6. The van der Waals surface area contributed by atoms with Gasteiger partial charge >= 0.3 is 39.5 Å². The number of esters is 4. The van der Waals surface area contributed by atoms with E-state index in [1.54, 1.807) is 0 Å². The van der Waals surface area contributed by atoms with Crippen LogP contribution in [0.15, 0.2) is 0 Å². The Morgan fingerprint density at radius 1 is 0.304 bits per heavy atom. The van der Waals surface area contributed by atoms with E-state index < -0.39 is 97.5 Å². The first-order valence-corrected chi connectivity index (χ1v) is 40.7. The van der Waals surface area contributed by atoms with E-state index in [4.69, 9.17) is 37.0 Å². The molecule has 0 aliphatic rings. The molecule has 0 aromatic carbocycles. The minimum absolute atomic E-state index is 0.105. The predicted molar refractivity (Wildman–Crippen MR) is 372 cm³/mol. The number of phosphoric ester groups is 2. The van der Waals surface area contributed by atoms with Crippen molar-refractivity contribution in [3.63, 3.8) is 0 Å². The van der Waals surface area contributed by atoms with Gasteiger partial charge in [0.2, 0.25) is 0 Å². The Bertz CT molecular complexity index is 1820.